The Hall–Kier alpha value is -3.69. The van der Waals surface area contributed by atoms with Crippen LogP contribution in [0.1, 0.15) is 38.3 Å². The predicted molar refractivity (Wildman–Crippen MR) is 152 cm³/mol. The maximum absolute atomic E-state index is 9.14. The summed E-state index contributed by atoms with van der Waals surface area (Å²) < 4.78 is 8.29. The van der Waals surface area contributed by atoms with E-state index in [2.05, 4.69) is 69.3 Å². The fraction of sp³-hybridized carbons (Fsp3) is 0.414. The standard InChI is InChI=1S/C29H37N7O2/c1-21(2)36-20-32-26-27(33-29(34-28(26)36)35-14-12-30-13-15-35)31-19-22-10-11-24(23-8-4-3-5-9-23)25(18-22)38-17-7-6-16-37/h3-5,8-11,18,20-21,30,37H,6-7,12-17,19H2,1-2H3,(H,31,33,34). The molecule has 4 aromatic rings. The molecule has 3 heterocycles. The first-order chi connectivity index (χ1) is 18.6. The van der Waals surface area contributed by atoms with E-state index in [0.717, 1.165) is 84.4 Å². The molecule has 9 nitrogen and oxygen atoms in total. The van der Waals surface area contributed by atoms with Gasteiger partial charge >= 0.3 is 0 Å². The van der Waals surface area contributed by atoms with E-state index in [1.807, 2.05) is 24.5 Å². The second kappa shape index (κ2) is 12.2. The molecule has 0 radical (unpaired) electrons. The van der Waals surface area contributed by atoms with E-state index in [4.69, 9.17) is 19.8 Å². The second-order valence-corrected chi connectivity index (χ2v) is 9.86. The number of piperazine rings is 1. The van der Waals surface area contributed by atoms with Crippen LogP contribution in [0.5, 0.6) is 5.75 Å². The first-order valence-corrected chi connectivity index (χ1v) is 13.5. The average Bonchev–Trinajstić information content (AvgIpc) is 3.40. The normalized spacial score (nSPS) is 13.8. The topological polar surface area (TPSA) is 100 Å². The summed E-state index contributed by atoms with van der Waals surface area (Å²) >= 11 is 0. The highest BCUT2D eigenvalue weighted by Gasteiger charge is 2.20. The number of imidazole rings is 1. The van der Waals surface area contributed by atoms with E-state index in [9.17, 15) is 0 Å². The minimum atomic E-state index is 0.175. The van der Waals surface area contributed by atoms with Gasteiger partial charge in [0.25, 0.3) is 0 Å². The molecule has 0 aliphatic carbocycles. The maximum Gasteiger partial charge on any atom is 0.229 e. The number of benzene rings is 2. The van der Waals surface area contributed by atoms with Gasteiger partial charge in [0.05, 0.1) is 12.9 Å². The third kappa shape index (κ3) is 5.89. The van der Waals surface area contributed by atoms with Crippen molar-refractivity contribution in [2.24, 2.45) is 0 Å². The summed E-state index contributed by atoms with van der Waals surface area (Å²) in [6.45, 7) is 9.17. The number of rotatable bonds is 11. The lowest BCUT2D eigenvalue weighted by Gasteiger charge is -2.27. The summed E-state index contributed by atoms with van der Waals surface area (Å²) in [5.74, 6) is 2.31. The summed E-state index contributed by atoms with van der Waals surface area (Å²) in [5, 5.41) is 16.1. The lowest BCUT2D eigenvalue weighted by Crippen LogP contribution is -2.44. The Labute approximate surface area is 223 Å². The molecule has 5 rings (SSSR count). The molecule has 0 atom stereocenters. The summed E-state index contributed by atoms with van der Waals surface area (Å²) in [7, 11) is 0. The first-order valence-electron chi connectivity index (χ1n) is 13.5. The average molecular weight is 516 g/mol. The van der Waals surface area contributed by atoms with E-state index in [1.165, 1.54) is 0 Å². The van der Waals surface area contributed by atoms with E-state index in [-0.39, 0.29) is 12.6 Å². The highest BCUT2D eigenvalue weighted by molar-refractivity contribution is 5.84. The number of nitrogens with one attached hydrogen (secondary N) is 2. The van der Waals surface area contributed by atoms with Gasteiger partial charge in [0.1, 0.15) is 5.75 Å². The Balaban J connectivity index is 1.42. The highest BCUT2D eigenvalue weighted by atomic mass is 16.5. The predicted octanol–water partition coefficient (Wildman–Crippen LogP) is 4.25. The number of fused-ring (bicyclic) bond motifs is 1. The summed E-state index contributed by atoms with van der Waals surface area (Å²) in [4.78, 5) is 16.7. The van der Waals surface area contributed by atoms with Crippen molar-refractivity contribution in [3.05, 3.63) is 60.4 Å². The zero-order chi connectivity index (χ0) is 26.3. The van der Waals surface area contributed by atoms with Gasteiger partial charge in [-0.05, 0) is 43.9 Å². The number of anilines is 2. The van der Waals surface area contributed by atoms with Crippen molar-refractivity contribution in [1.82, 2.24) is 24.8 Å². The third-order valence-electron chi connectivity index (χ3n) is 6.77. The fourth-order valence-electron chi connectivity index (χ4n) is 4.65. The van der Waals surface area contributed by atoms with Crippen LogP contribution < -0.4 is 20.3 Å². The monoisotopic (exact) mass is 515 g/mol. The van der Waals surface area contributed by atoms with Crippen molar-refractivity contribution in [1.29, 1.82) is 0 Å². The van der Waals surface area contributed by atoms with E-state index in [0.29, 0.717) is 13.2 Å². The fourth-order valence-corrected chi connectivity index (χ4v) is 4.65. The van der Waals surface area contributed by atoms with E-state index >= 15 is 0 Å². The summed E-state index contributed by atoms with van der Waals surface area (Å²) in [6, 6.07) is 16.8. The van der Waals surface area contributed by atoms with E-state index < -0.39 is 0 Å². The summed E-state index contributed by atoms with van der Waals surface area (Å²) in [5.41, 5.74) is 4.87. The molecule has 0 unspecified atom stereocenters. The Morgan fingerprint density at radius 2 is 1.87 bits per heavy atom. The zero-order valence-electron chi connectivity index (χ0n) is 22.2. The van der Waals surface area contributed by atoms with Crippen molar-refractivity contribution in [2.75, 3.05) is 49.6 Å². The van der Waals surface area contributed by atoms with Gasteiger partial charge in [0.2, 0.25) is 5.95 Å². The number of aliphatic hydroxyl groups is 1. The third-order valence-corrected chi connectivity index (χ3v) is 6.77. The van der Waals surface area contributed by atoms with Crippen molar-refractivity contribution < 1.29 is 9.84 Å². The molecule has 1 fully saturated rings. The number of unbranched alkanes of at least 4 members (excludes halogenated alkanes) is 1. The number of hydrogen-bond donors (Lipinski definition) is 3. The van der Waals surface area contributed by atoms with Gasteiger partial charge in [-0.15, -0.1) is 0 Å². The molecule has 2 aromatic heterocycles. The Morgan fingerprint density at radius 1 is 1.05 bits per heavy atom. The lowest BCUT2D eigenvalue weighted by atomic mass is 10.0. The minimum Gasteiger partial charge on any atom is -0.493 e. The molecule has 2 aromatic carbocycles. The molecule has 0 saturated carbocycles. The summed E-state index contributed by atoms with van der Waals surface area (Å²) in [6.07, 6.45) is 3.38. The van der Waals surface area contributed by atoms with Crippen LogP contribution in [-0.2, 0) is 6.54 Å². The number of aromatic nitrogens is 4. The molecule has 1 aliphatic heterocycles. The Kier molecular flexibility index (Phi) is 8.35. The van der Waals surface area contributed by atoms with Crippen LogP contribution in [0, 0.1) is 0 Å². The molecule has 9 heteroatoms. The number of nitrogens with zero attached hydrogens (tertiary/aromatic N) is 5. The molecule has 0 spiro atoms. The molecule has 3 N–H and O–H groups in total. The van der Waals surface area contributed by atoms with Crippen LogP contribution in [0.3, 0.4) is 0 Å². The quantitative estimate of drug-likeness (QED) is 0.255. The van der Waals surface area contributed by atoms with Gasteiger partial charge in [-0.25, -0.2) is 4.98 Å². The first kappa shape index (κ1) is 25.9. The molecule has 200 valence electrons. The molecule has 0 amide bonds. The van der Waals surface area contributed by atoms with Gasteiger partial charge < -0.3 is 29.9 Å². The van der Waals surface area contributed by atoms with Crippen LogP contribution in [0.25, 0.3) is 22.3 Å². The SMILES string of the molecule is CC(C)n1cnc2c(NCc3ccc(-c4ccccc4)c(OCCCCO)c3)nc(N3CCNCC3)nc21. The van der Waals surface area contributed by atoms with Gasteiger partial charge in [-0.2, -0.15) is 9.97 Å². The molecule has 0 bridgehead atoms. The molecule has 1 aliphatic rings. The van der Waals surface area contributed by atoms with Crippen LogP contribution in [0.4, 0.5) is 11.8 Å². The van der Waals surface area contributed by atoms with Crippen molar-refractivity contribution in [3.8, 4) is 16.9 Å². The largest absolute Gasteiger partial charge is 0.493 e. The molecule has 38 heavy (non-hydrogen) atoms. The van der Waals surface area contributed by atoms with Crippen LogP contribution >= 0.6 is 0 Å². The number of aliphatic hydroxyl groups excluding tert-OH is 1. The maximum atomic E-state index is 9.14. The van der Waals surface area contributed by atoms with Gasteiger partial charge in [-0.1, -0.05) is 42.5 Å². The number of ether oxygens (including phenoxy) is 1. The van der Waals surface area contributed by atoms with Gasteiger partial charge in [0, 0.05) is 50.9 Å². The van der Waals surface area contributed by atoms with Crippen molar-refractivity contribution in [3.63, 3.8) is 0 Å². The molecular weight excluding hydrogens is 478 g/mol. The number of hydrogen-bond acceptors (Lipinski definition) is 8. The van der Waals surface area contributed by atoms with Crippen LogP contribution in [0.15, 0.2) is 54.9 Å². The molecule has 1 saturated heterocycles. The minimum absolute atomic E-state index is 0.175. The second-order valence-electron chi connectivity index (χ2n) is 9.86. The van der Waals surface area contributed by atoms with Crippen molar-refractivity contribution >= 4 is 22.9 Å². The highest BCUT2D eigenvalue weighted by Crippen LogP contribution is 2.32. The van der Waals surface area contributed by atoms with Crippen LogP contribution in [0.2, 0.25) is 0 Å². The Bertz CT molecular complexity index is 1330. The van der Waals surface area contributed by atoms with Crippen molar-refractivity contribution in [2.45, 2.75) is 39.3 Å². The van der Waals surface area contributed by atoms with E-state index in [1.54, 1.807) is 0 Å². The van der Waals surface area contributed by atoms with Gasteiger partial charge in [0.15, 0.2) is 17.0 Å². The zero-order valence-corrected chi connectivity index (χ0v) is 22.2. The molecular formula is C29H37N7O2. The van der Waals surface area contributed by atoms with Gasteiger partial charge in [-0.3, -0.25) is 0 Å². The Morgan fingerprint density at radius 3 is 2.63 bits per heavy atom. The van der Waals surface area contributed by atoms with Crippen LogP contribution in [-0.4, -0.2) is 64.0 Å². The smallest absolute Gasteiger partial charge is 0.229 e. The lowest BCUT2D eigenvalue weighted by molar-refractivity contribution is 0.253.